The van der Waals surface area contributed by atoms with E-state index in [1.165, 1.54) is 43.5 Å². The molecule has 0 radical (unpaired) electrons. The molecular formula is C24H24F2N2O3. The Kier molecular flexibility index (Phi) is 3.88. The number of alkyl halides is 2. The fourth-order valence-electron chi connectivity index (χ4n) is 4.96. The lowest BCUT2D eigenvalue weighted by molar-refractivity contribution is -0.286. The standard InChI is InChI=1S/C24H22F2N2O3.H2/c25-24(26)30-20-8-5-16(13-21(20)31-24)23(9-10-23)22(29)27-17-6-7-18-15(11-17)12-19(28-18)14-3-1-2-4-14;/h5-8,11-14,28H,1-4,9-10H2,(H,27,29);1H. The number of amides is 1. The molecule has 5 nitrogen and oxygen atoms in total. The van der Waals surface area contributed by atoms with Gasteiger partial charge in [0, 0.05) is 23.7 Å². The summed E-state index contributed by atoms with van der Waals surface area (Å²) in [6, 6.07) is 12.7. The fourth-order valence-corrected chi connectivity index (χ4v) is 4.96. The number of halogens is 2. The third-order valence-corrected chi connectivity index (χ3v) is 6.83. The highest BCUT2D eigenvalue weighted by Crippen LogP contribution is 2.52. The molecule has 0 unspecified atom stereocenters. The fraction of sp³-hybridized carbons (Fsp3) is 0.375. The minimum Gasteiger partial charge on any atom is -0.395 e. The Hall–Kier alpha value is -3.09. The van der Waals surface area contributed by atoms with Crippen LogP contribution in [-0.4, -0.2) is 17.2 Å². The van der Waals surface area contributed by atoms with E-state index in [4.69, 9.17) is 0 Å². The normalized spacial score (nSPS) is 20.8. The summed E-state index contributed by atoms with van der Waals surface area (Å²) in [4.78, 5) is 16.7. The first-order valence-corrected chi connectivity index (χ1v) is 10.8. The van der Waals surface area contributed by atoms with E-state index in [1.54, 1.807) is 6.07 Å². The summed E-state index contributed by atoms with van der Waals surface area (Å²) in [6.07, 6.45) is 2.66. The van der Waals surface area contributed by atoms with Gasteiger partial charge in [0.15, 0.2) is 11.5 Å². The van der Waals surface area contributed by atoms with Crippen molar-refractivity contribution >= 4 is 22.5 Å². The number of carbonyl (C=O) groups excluding carboxylic acids is 1. The summed E-state index contributed by atoms with van der Waals surface area (Å²) < 4.78 is 35.7. The van der Waals surface area contributed by atoms with Crippen LogP contribution < -0.4 is 14.8 Å². The Morgan fingerprint density at radius 3 is 2.58 bits per heavy atom. The average Bonchev–Trinajstić information content (AvgIpc) is 3.07. The van der Waals surface area contributed by atoms with Gasteiger partial charge in [-0.25, -0.2) is 0 Å². The quantitative estimate of drug-likeness (QED) is 0.533. The molecule has 1 amide bonds. The van der Waals surface area contributed by atoms with E-state index in [0.29, 0.717) is 24.3 Å². The number of anilines is 1. The number of aromatic nitrogens is 1. The monoisotopic (exact) mass is 426 g/mol. The summed E-state index contributed by atoms with van der Waals surface area (Å²) in [5.41, 5.74) is 3.01. The first-order chi connectivity index (χ1) is 14.9. The van der Waals surface area contributed by atoms with Crippen molar-refractivity contribution in [3.8, 4) is 11.5 Å². The summed E-state index contributed by atoms with van der Waals surface area (Å²) in [7, 11) is 0. The third-order valence-electron chi connectivity index (χ3n) is 6.83. The number of nitrogens with one attached hydrogen (secondary N) is 2. The molecule has 6 rings (SSSR count). The van der Waals surface area contributed by atoms with Crippen LogP contribution in [0.2, 0.25) is 0 Å². The van der Waals surface area contributed by atoms with E-state index in [1.807, 2.05) is 18.2 Å². The molecule has 0 saturated heterocycles. The van der Waals surface area contributed by atoms with Crippen molar-refractivity contribution in [1.82, 2.24) is 4.98 Å². The topological polar surface area (TPSA) is 63.4 Å². The highest BCUT2D eigenvalue weighted by atomic mass is 19.3. The van der Waals surface area contributed by atoms with E-state index in [-0.39, 0.29) is 18.8 Å². The maximum Gasteiger partial charge on any atom is 0.586 e. The van der Waals surface area contributed by atoms with Gasteiger partial charge >= 0.3 is 6.29 Å². The highest BCUT2D eigenvalue weighted by molar-refractivity contribution is 6.02. The Morgan fingerprint density at radius 1 is 1.03 bits per heavy atom. The largest absolute Gasteiger partial charge is 0.586 e. The van der Waals surface area contributed by atoms with E-state index < -0.39 is 11.7 Å². The minimum atomic E-state index is -3.66. The molecule has 2 aromatic carbocycles. The first-order valence-electron chi connectivity index (χ1n) is 10.8. The van der Waals surface area contributed by atoms with E-state index in [9.17, 15) is 13.6 Å². The number of ether oxygens (including phenoxy) is 2. The number of aromatic amines is 1. The Labute approximate surface area is 179 Å². The number of H-pyrrole nitrogens is 1. The van der Waals surface area contributed by atoms with Gasteiger partial charge in [0.25, 0.3) is 0 Å². The smallest absolute Gasteiger partial charge is 0.395 e. The number of hydrogen-bond acceptors (Lipinski definition) is 3. The van der Waals surface area contributed by atoms with Crippen molar-refractivity contribution in [1.29, 1.82) is 0 Å². The average molecular weight is 426 g/mol. The van der Waals surface area contributed by atoms with Crippen LogP contribution >= 0.6 is 0 Å². The number of hydrogen-bond donors (Lipinski definition) is 2. The predicted molar refractivity (Wildman–Crippen MR) is 114 cm³/mol. The Balaban J connectivity index is 0.00000216. The van der Waals surface area contributed by atoms with E-state index in [2.05, 4.69) is 25.8 Å². The molecular weight excluding hydrogens is 402 g/mol. The summed E-state index contributed by atoms with van der Waals surface area (Å²) in [5, 5.41) is 4.10. The molecule has 2 heterocycles. The van der Waals surface area contributed by atoms with Crippen LogP contribution in [-0.2, 0) is 10.2 Å². The maximum atomic E-state index is 13.3. The molecule has 0 atom stereocenters. The molecule has 2 fully saturated rings. The molecule has 2 aliphatic carbocycles. The van der Waals surface area contributed by atoms with Crippen LogP contribution in [0.25, 0.3) is 10.9 Å². The molecule has 2 N–H and O–H groups in total. The second-order valence-corrected chi connectivity index (χ2v) is 8.87. The van der Waals surface area contributed by atoms with Crippen LogP contribution in [0, 0.1) is 0 Å². The van der Waals surface area contributed by atoms with Crippen LogP contribution in [0.3, 0.4) is 0 Å². The summed E-state index contributed by atoms with van der Waals surface area (Å²) in [6.45, 7) is 0. The zero-order chi connectivity index (χ0) is 21.2. The lowest BCUT2D eigenvalue weighted by Gasteiger charge is -2.16. The Morgan fingerprint density at radius 2 is 1.81 bits per heavy atom. The third kappa shape index (κ3) is 3.14. The van der Waals surface area contributed by atoms with Crippen LogP contribution in [0.4, 0.5) is 14.5 Å². The number of fused-ring (bicyclic) bond motifs is 2. The minimum absolute atomic E-state index is 0. The van der Waals surface area contributed by atoms with Gasteiger partial charge < -0.3 is 19.8 Å². The molecule has 2 saturated carbocycles. The van der Waals surface area contributed by atoms with Gasteiger partial charge in [0.2, 0.25) is 5.91 Å². The van der Waals surface area contributed by atoms with Gasteiger partial charge in [-0.15, -0.1) is 8.78 Å². The van der Waals surface area contributed by atoms with Gasteiger partial charge in [-0.2, -0.15) is 0 Å². The van der Waals surface area contributed by atoms with Gasteiger partial charge in [0.05, 0.1) is 5.41 Å². The zero-order valence-electron chi connectivity index (χ0n) is 16.8. The number of carbonyl (C=O) groups is 1. The van der Waals surface area contributed by atoms with Crippen molar-refractivity contribution in [2.24, 2.45) is 0 Å². The first kappa shape index (κ1) is 18.7. The predicted octanol–water partition coefficient (Wildman–Crippen LogP) is 6.06. The van der Waals surface area contributed by atoms with Crippen molar-refractivity contribution in [3.63, 3.8) is 0 Å². The maximum absolute atomic E-state index is 13.3. The van der Waals surface area contributed by atoms with Crippen molar-refractivity contribution in [2.45, 2.75) is 56.2 Å². The van der Waals surface area contributed by atoms with E-state index in [0.717, 1.165) is 16.6 Å². The van der Waals surface area contributed by atoms with Gasteiger partial charge in [-0.05, 0) is 73.6 Å². The molecule has 31 heavy (non-hydrogen) atoms. The van der Waals surface area contributed by atoms with Crippen LogP contribution in [0.5, 0.6) is 11.5 Å². The van der Waals surface area contributed by atoms with Gasteiger partial charge in [0.1, 0.15) is 0 Å². The van der Waals surface area contributed by atoms with Crippen molar-refractivity contribution in [3.05, 3.63) is 53.7 Å². The van der Waals surface area contributed by atoms with Crippen LogP contribution in [0.1, 0.15) is 57.1 Å². The van der Waals surface area contributed by atoms with Gasteiger partial charge in [-0.3, -0.25) is 4.79 Å². The molecule has 0 spiro atoms. The number of benzene rings is 2. The lowest BCUT2D eigenvalue weighted by atomic mass is 9.94. The zero-order valence-corrected chi connectivity index (χ0v) is 16.8. The molecule has 162 valence electrons. The molecule has 1 aliphatic heterocycles. The SMILES string of the molecule is O=C(Nc1ccc2[nH]c(C3CCCC3)cc2c1)C1(c2ccc3c(c2)OC(F)(F)O3)CC1.[HH]. The second-order valence-electron chi connectivity index (χ2n) is 8.87. The summed E-state index contributed by atoms with van der Waals surface area (Å²) in [5.74, 6) is 0.415. The molecule has 7 heteroatoms. The summed E-state index contributed by atoms with van der Waals surface area (Å²) >= 11 is 0. The van der Waals surface area contributed by atoms with E-state index >= 15 is 0 Å². The molecule has 3 aromatic rings. The lowest BCUT2D eigenvalue weighted by Crippen LogP contribution is -2.27. The van der Waals surface area contributed by atoms with Crippen LogP contribution in [0.15, 0.2) is 42.5 Å². The second kappa shape index (κ2) is 6.45. The molecule has 1 aromatic heterocycles. The molecule has 0 bridgehead atoms. The Bertz CT molecular complexity index is 1200. The van der Waals surface area contributed by atoms with Crippen molar-refractivity contribution in [2.75, 3.05) is 5.32 Å². The van der Waals surface area contributed by atoms with Gasteiger partial charge in [-0.1, -0.05) is 18.9 Å². The highest BCUT2D eigenvalue weighted by Gasteiger charge is 2.52. The van der Waals surface area contributed by atoms with Crippen molar-refractivity contribution < 1.29 is 24.5 Å². The number of rotatable bonds is 4. The molecule has 3 aliphatic rings.